The van der Waals surface area contributed by atoms with E-state index in [1.807, 2.05) is 32.0 Å². The van der Waals surface area contributed by atoms with Gasteiger partial charge in [0.15, 0.2) is 0 Å². The summed E-state index contributed by atoms with van der Waals surface area (Å²) in [5.41, 5.74) is 0.875. The molecule has 1 heterocycles. The van der Waals surface area contributed by atoms with Crippen molar-refractivity contribution in [1.29, 1.82) is 0 Å². The Bertz CT molecular complexity index is 589. The Morgan fingerprint density at radius 2 is 1.90 bits per heavy atom. The molecule has 0 fully saturated rings. The molecular weight excluding hydrogens is 287 g/mol. The van der Waals surface area contributed by atoms with Crippen molar-refractivity contribution in [2.24, 2.45) is 0 Å². The molecule has 2 rings (SSSR count). The van der Waals surface area contributed by atoms with E-state index >= 15 is 0 Å². The summed E-state index contributed by atoms with van der Waals surface area (Å²) in [6.45, 7) is 3.72. The summed E-state index contributed by atoms with van der Waals surface area (Å²) in [6, 6.07) is 11.6. The number of nitrogens with zero attached hydrogens (tertiary/aromatic N) is 1. The lowest BCUT2D eigenvalue weighted by Crippen LogP contribution is -2.33. The van der Waals surface area contributed by atoms with Gasteiger partial charge in [-0.2, -0.15) is 0 Å². The number of hydrogen-bond donors (Lipinski definition) is 1. The summed E-state index contributed by atoms with van der Waals surface area (Å²) in [6.07, 6.45) is 1.70. The fourth-order valence-electron chi connectivity index (χ4n) is 1.82. The maximum absolute atomic E-state index is 12.9. The van der Waals surface area contributed by atoms with Gasteiger partial charge in [0.1, 0.15) is 5.82 Å². The molecule has 0 bridgehead atoms. The molecule has 0 saturated carbocycles. The first-order chi connectivity index (χ1) is 10.1. The molecule has 0 unspecified atom stereocenters. The third-order valence-corrected chi connectivity index (χ3v) is 4.08. The standard InChI is InChI=1S/C16H17FN2OS/c1-11(13-6-8-14(17)9-7-13)19-16(20)12(2)21-15-5-3-4-10-18-15/h3-12H,1-2H3,(H,19,20)/t11-,12-/m1/s1. The van der Waals surface area contributed by atoms with Crippen LogP contribution < -0.4 is 5.32 Å². The van der Waals surface area contributed by atoms with E-state index in [-0.39, 0.29) is 23.0 Å². The lowest BCUT2D eigenvalue weighted by molar-refractivity contribution is -0.120. The van der Waals surface area contributed by atoms with Crippen LogP contribution in [0.4, 0.5) is 4.39 Å². The van der Waals surface area contributed by atoms with Crippen molar-refractivity contribution in [2.45, 2.75) is 30.2 Å². The van der Waals surface area contributed by atoms with Gasteiger partial charge in [0.25, 0.3) is 0 Å². The molecule has 1 N–H and O–H groups in total. The predicted molar refractivity (Wildman–Crippen MR) is 82.5 cm³/mol. The SMILES string of the molecule is C[C@@H](Sc1ccccn1)C(=O)N[C@H](C)c1ccc(F)cc1. The summed E-state index contributed by atoms with van der Waals surface area (Å²) in [4.78, 5) is 16.4. The van der Waals surface area contributed by atoms with Crippen LogP contribution >= 0.6 is 11.8 Å². The highest BCUT2D eigenvalue weighted by atomic mass is 32.2. The molecule has 1 aromatic carbocycles. The summed E-state index contributed by atoms with van der Waals surface area (Å²) < 4.78 is 12.9. The van der Waals surface area contributed by atoms with E-state index in [2.05, 4.69) is 10.3 Å². The Kier molecular flexibility index (Phi) is 5.33. The third kappa shape index (κ3) is 4.56. The molecule has 3 nitrogen and oxygen atoms in total. The van der Waals surface area contributed by atoms with Gasteiger partial charge in [-0.1, -0.05) is 30.0 Å². The summed E-state index contributed by atoms with van der Waals surface area (Å²) in [5, 5.41) is 3.49. The molecule has 1 aromatic heterocycles. The van der Waals surface area contributed by atoms with E-state index < -0.39 is 0 Å². The number of carbonyl (C=O) groups is 1. The number of hydrogen-bond acceptors (Lipinski definition) is 3. The topological polar surface area (TPSA) is 42.0 Å². The van der Waals surface area contributed by atoms with Crippen molar-refractivity contribution in [1.82, 2.24) is 10.3 Å². The van der Waals surface area contributed by atoms with Gasteiger partial charge in [0, 0.05) is 6.20 Å². The zero-order chi connectivity index (χ0) is 15.2. The zero-order valence-corrected chi connectivity index (χ0v) is 12.7. The minimum atomic E-state index is -0.281. The van der Waals surface area contributed by atoms with E-state index in [4.69, 9.17) is 0 Å². The second-order valence-electron chi connectivity index (χ2n) is 4.71. The summed E-state index contributed by atoms with van der Waals surface area (Å²) in [5.74, 6) is -0.348. The van der Waals surface area contributed by atoms with Crippen LogP contribution in [0, 0.1) is 5.82 Å². The first-order valence-electron chi connectivity index (χ1n) is 6.70. The third-order valence-electron chi connectivity index (χ3n) is 3.03. The number of rotatable bonds is 5. The van der Waals surface area contributed by atoms with E-state index in [9.17, 15) is 9.18 Å². The summed E-state index contributed by atoms with van der Waals surface area (Å²) >= 11 is 1.41. The molecule has 21 heavy (non-hydrogen) atoms. The van der Waals surface area contributed by atoms with Crippen molar-refractivity contribution < 1.29 is 9.18 Å². The van der Waals surface area contributed by atoms with Gasteiger partial charge in [0.2, 0.25) is 5.91 Å². The molecule has 0 spiro atoms. The quantitative estimate of drug-likeness (QED) is 0.859. The fraction of sp³-hybridized carbons (Fsp3) is 0.250. The average molecular weight is 304 g/mol. The normalized spacial score (nSPS) is 13.5. The Hall–Kier alpha value is -1.88. The Morgan fingerprint density at radius 1 is 1.19 bits per heavy atom. The summed E-state index contributed by atoms with van der Waals surface area (Å²) in [7, 11) is 0. The van der Waals surface area contributed by atoms with Crippen LogP contribution in [0.3, 0.4) is 0 Å². The van der Waals surface area contributed by atoms with Crippen LogP contribution in [0.2, 0.25) is 0 Å². The number of amides is 1. The molecule has 5 heteroatoms. The van der Waals surface area contributed by atoms with Crippen LogP contribution in [-0.2, 0) is 4.79 Å². The minimum absolute atomic E-state index is 0.0671. The maximum Gasteiger partial charge on any atom is 0.233 e. The van der Waals surface area contributed by atoms with Crippen LogP contribution in [0.25, 0.3) is 0 Å². The van der Waals surface area contributed by atoms with Crippen LogP contribution in [0.5, 0.6) is 0 Å². The molecule has 0 aliphatic rings. The van der Waals surface area contributed by atoms with Crippen molar-refractivity contribution in [3.05, 3.63) is 60.0 Å². The predicted octanol–water partition coefficient (Wildman–Crippen LogP) is 3.58. The first-order valence-corrected chi connectivity index (χ1v) is 7.58. The number of carbonyl (C=O) groups excluding carboxylic acids is 1. The van der Waals surface area contributed by atoms with Gasteiger partial charge < -0.3 is 5.32 Å². The van der Waals surface area contributed by atoms with Gasteiger partial charge >= 0.3 is 0 Å². The number of thioether (sulfide) groups is 1. The molecule has 0 saturated heterocycles. The van der Waals surface area contributed by atoms with E-state index in [1.54, 1.807) is 18.3 Å². The number of halogens is 1. The smallest absolute Gasteiger partial charge is 0.233 e. The van der Waals surface area contributed by atoms with Crippen LogP contribution in [0.1, 0.15) is 25.5 Å². The number of benzene rings is 1. The van der Waals surface area contributed by atoms with E-state index in [0.29, 0.717) is 0 Å². The fourth-order valence-corrected chi connectivity index (χ4v) is 2.63. The second-order valence-corrected chi connectivity index (χ2v) is 6.07. The molecule has 2 atom stereocenters. The van der Waals surface area contributed by atoms with Crippen molar-refractivity contribution in [2.75, 3.05) is 0 Å². The van der Waals surface area contributed by atoms with E-state index in [0.717, 1.165) is 10.6 Å². The maximum atomic E-state index is 12.9. The van der Waals surface area contributed by atoms with E-state index in [1.165, 1.54) is 23.9 Å². The highest BCUT2D eigenvalue weighted by Crippen LogP contribution is 2.21. The second kappa shape index (κ2) is 7.22. The Balaban J connectivity index is 1.92. The van der Waals surface area contributed by atoms with Gasteiger partial charge in [0.05, 0.1) is 16.3 Å². The van der Waals surface area contributed by atoms with Crippen molar-refractivity contribution in [3.8, 4) is 0 Å². The Morgan fingerprint density at radius 3 is 2.52 bits per heavy atom. The number of nitrogens with one attached hydrogen (secondary N) is 1. The monoisotopic (exact) mass is 304 g/mol. The Labute approximate surface area is 128 Å². The average Bonchev–Trinajstić information content (AvgIpc) is 2.48. The van der Waals surface area contributed by atoms with Gasteiger partial charge in [-0.3, -0.25) is 4.79 Å². The van der Waals surface area contributed by atoms with Crippen LogP contribution in [-0.4, -0.2) is 16.1 Å². The largest absolute Gasteiger partial charge is 0.349 e. The number of pyridine rings is 1. The molecule has 0 radical (unpaired) electrons. The van der Waals surface area contributed by atoms with Gasteiger partial charge in [-0.25, -0.2) is 9.37 Å². The highest BCUT2D eigenvalue weighted by Gasteiger charge is 2.17. The lowest BCUT2D eigenvalue weighted by Gasteiger charge is -2.17. The van der Waals surface area contributed by atoms with Crippen LogP contribution in [0.15, 0.2) is 53.7 Å². The molecule has 2 aromatic rings. The first kappa shape index (κ1) is 15.5. The lowest BCUT2D eigenvalue weighted by atomic mass is 10.1. The van der Waals surface area contributed by atoms with Gasteiger partial charge in [-0.15, -0.1) is 0 Å². The minimum Gasteiger partial charge on any atom is -0.349 e. The molecule has 1 amide bonds. The number of aromatic nitrogens is 1. The molecule has 0 aliphatic heterocycles. The zero-order valence-electron chi connectivity index (χ0n) is 11.9. The molecule has 0 aliphatic carbocycles. The van der Waals surface area contributed by atoms with Gasteiger partial charge in [-0.05, 0) is 43.7 Å². The van der Waals surface area contributed by atoms with Crippen molar-refractivity contribution >= 4 is 17.7 Å². The molecule has 110 valence electrons. The molecular formula is C16H17FN2OS. The highest BCUT2D eigenvalue weighted by molar-refractivity contribution is 8.00. The van der Waals surface area contributed by atoms with Crippen molar-refractivity contribution in [3.63, 3.8) is 0 Å².